The molecule has 0 bridgehead atoms. The second-order valence-corrected chi connectivity index (χ2v) is 6.89. The van der Waals surface area contributed by atoms with E-state index in [0.717, 1.165) is 23.5 Å². The van der Waals surface area contributed by atoms with Crippen LogP contribution in [-0.4, -0.2) is 23.6 Å². The molecule has 4 nitrogen and oxygen atoms in total. The third-order valence-corrected chi connectivity index (χ3v) is 5.00. The number of hydrogen-bond donors (Lipinski definition) is 1. The quantitative estimate of drug-likeness (QED) is 0.869. The van der Waals surface area contributed by atoms with Crippen molar-refractivity contribution < 1.29 is 14.3 Å². The van der Waals surface area contributed by atoms with Crippen LogP contribution in [0.1, 0.15) is 18.9 Å². The van der Waals surface area contributed by atoms with Gasteiger partial charge in [-0.2, -0.15) is 0 Å². The second-order valence-electron chi connectivity index (χ2n) is 5.41. The highest BCUT2D eigenvalue weighted by Gasteiger charge is 2.67. The highest BCUT2D eigenvalue weighted by Crippen LogP contribution is 2.63. The lowest BCUT2D eigenvalue weighted by atomic mass is 10.1. The van der Waals surface area contributed by atoms with Gasteiger partial charge < -0.3 is 14.8 Å². The van der Waals surface area contributed by atoms with Crippen LogP contribution in [0.4, 0.5) is 0 Å². The van der Waals surface area contributed by atoms with Crippen LogP contribution >= 0.6 is 23.2 Å². The van der Waals surface area contributed by atoms with E-state index in [1.807, 2.05) is 18.2 Å². The summed E-state index contributed by atoms with van der Waals surface area (Å²) >= 11 is 12.0. The summed E-state index contributed by atoms with van der Waals surface area (Å²) in [7, 11) is 0. The van der Waals surface area contributed by atoms with Crippen molar-refractivity contribution in [2.24, 2.45) is 5.41 Å². The number of alkyl halides is 2. The lowest BCUT2D eigenvalue weighted by Gasteiger charge is -2.12. The zero-order valence-corrected chi connectivity index (χ0v) is 12.6. The predicted octanol–water partition coefficient (Wildman–Crippen LogP) is 2.66. The van der Waals surface area contributed by atoms with E-state index in [1.54, 1.807) is 6.92 Å². The summed E-state index contributed by atoms with van der Waals surface area (Å²) in [4.78, 5) is 12.0. The summed E-state index contributed by atoms with van der Waals surface area (Å²) in [5.74, 6) is 1.42. The Morgan fingerprint density at radius 1 is 1.35 bits per heavy atom. The maximum absolute atomic E-state index is 12.0. The highest BCUT2D eigenvalue weighted by atomic mass is 35.5. The maximum atomic E-state index is 12.0. The van der Waals surface area contributed by atoms with E-state index in [9.17, 15) is 4.79 Å². The van der Waals surface area contributed by atoms with Crippen molar-refractivity contribution in [2.75, 3.05) is 13.3 Å². The van der Waals surface area contributed by atoms with Gasteiger partial charge in [-0.15, -0.1) is 23.2 Å². The summed E-state index contributed by atoms with van der Waals surface area (Å²) in [6, 6.07) is 5.77. The molecular weight excluding hydrogens is 301 g/mol. The van der Waals surface area contributed by atoms with Crippen molar-refractivity contribution in [2.45, 2.75) is 24.1 Å². The molecule has 1 aliphatic heterocycles. The number of nitrogens with one attached hydrogen (secondary N) is 1. The lowest BCUT2D eigenvalue weighted by molar-refractivity contribution is -0.125. The first-order valence-electron chi connectivity index (χ1n) is 6.47. The third-order valence-electron chi connectivity index (χ3n) is 3.90. The van der Waals surface area contributed by atoms with E-state index in [-0.39, 0.29) is 12.7 Å². The molecule has 0 radical (unpaired) electrons. The summed E-state index contributed by atoms with van der Waals surface area (Å²) in [5, 5.41) is 2.88. The Morgan fingerprint density at radius 3 is 2.75 bits per heavy atom. The van der Waals surface area contributed by atoms with Crippen molar-refractivity contribution in [3.63, 3.8) is 0 Å². The fourth-order valence-electron chi connectivity index (χ4n) is 2.26. The molecule has 1 heterocycles. The number of carbonyl (C=O) groups is 1. The van der Waals surface area contributed by atoms with Crippen LogP contribution in [0.5, 0.6) is 11.5 Å². The Hall–Kier alpha value is -1.13. The minimum Gasteiger partial charge on any atom is -0.454 e. The number of carbonyl (C=O) groups excluding carboxylic acids is 1. The van der Waals surface area contributed by atoms with Gasteiger partial charge in [0.1, 0.15) is 4.33 Å². The van der Waals surface area contributed by atoms with Crippen LogP contribution in [-0.2, 0) is 11.2 Å². The number of halogens is 2. The number of fused-ring (bicyclic) bond motifs is 1. The average Bonchev–Trinajstić information content (AvgIpc) is 2.77. The molecule has 2 aliphatic rings. The molecule has 108 valence electrons. The van der Waals surface area contributed by atoms with Gasteiger partial charge >= 0.3 is 0 Å². The van der Waals surface area contributed by atoms with E-state index in [1.165, 1.54) is 0 Å². The molecule has 1 aliphatic carbocycles. The number of hydrogen-bond acceptors (Lipinski definition) is 3. The fraction of sp³-hybridized carbons (Fsp3) is 0.500. The molecule has 1 aromatic carbocycles. The van der Waals surface area contributed by atoms with E-state index < -0.39 is 9.75 Å². The largest absolute Gasteiger partial charge is 0.454 e. The number of rotatable bonds is 4. The summed E-state index contributed by atoms with van der Waals surface area (Å²) in [6.45, 7) is 2.59. The first-order chi connectivity index (χ1) is 9.42. The molecule has 1 amide bonds. The molecule has 1 aromatic rings. The van der Waals surface area contributed by atoms with Gasteiger partial charge in [0.25, 0.3) is 0 Å². The summed E-state index contributed by atoms with van der Waals surface area (Å²) in [6.07, 6.45) is 1.22. The van der Waals surface area contributed by atoms with E-state index >= 15 is 0 Å². The second kappa shape index (κ2) is 4.71. The van der Waals surface area contributed by atoms with Crippen LogP contribution in [0.2, 0.25) is 0 Å². The summed E-state index contributed by atoms with van der Waals surface area (Å²) in [5.41, 5.74) is 0.420. The van der Waals surface area contributed by atoms with E-state index in [2.05, 4.69) is 5.32 Å². The normalized spacial score (nSPS) is 25.4. The van der Waals surface area contributed by atoms with Gasteiger partial charge in [-0.05, 0) is 37.5 Å². The Morgan fingerprint density at radius 2 is 2.05 bits per heavy atom. The monoisotopic (exact) mass is 315 g/mol. The number of ether oxygens (including phenoxy) is 2. The zero-order chi connectivity index (χ0) is 14.4. The van der Waals surface area contributed by atoms with E-state index in [0.29, 0.717) is 13.0 Å². The van der Waals surface area contributed by atoms with Gasteiger partial charge in [-0.1, -0.05) is 6.07 Å². The van der Waals surface area contributed by atoms with Crippen molar-refractivity contribution >= 4 is 29.1 Å². The Labute approximate surface area is 127 Å². The minimum atomic E-state index is -0.921. The van der Waals surface area contributed by atoms with Crippen LogP contribution in [0, 0.1) is 5.41 Å². The smallest absolute Gasteiger partial charge is 0.231 e. The van der Waals surface area contributed by atoms with Gasteiger partial charge in [0, 0.05) is 6.54 Å². The Balaban J connectivity index is 1.52. The minimum absolute atomic E-state index is 0.0942. The first-order valence-corrected chi connectivity index (χ1v) is 7.23. The predicted molar refractivity (Wildman–Crippen MR) is 76.4 cm³/mol. The van der Waals surface area contributed by atoms with Crippen molar-refractivity contribution in [1.29, 1.82) is 0 Å². The molecule has 6 heteroatoms. The van der Waals surface area contributed by atoms with Crippen LogP contribution in [0.25, 0.3) is 0 Å². The van der Waals surface area contributed by atoms with Gasteiger partial charge in [0.15, 0.2) is 11.5 Å². The number of benzene rings is 1. The molecule has 1 fully saturated rings. The van der Waals surface area contributed by atoms with Crippen LogP contribution < -0.4 is 14.8 Å². The molecule has 0 aromatic heterocycles. The standard InChI is InChI=1S/C14H15Cl2NO3/c1-13(7-14(13,15)16)12(18)17-5-4-9-2-3-10-11(6-9)20-8-19-10/h2-3,6H,4-5,7-8H2,1H3,(H,17,18). The molecule has 1 saturated carbocycles. The molecule has 1 unspecified atom stereocenters. The van der Waals surface area contributed by atoms with Crippen LogP contribution in [0.15, 0.2) is 18.2 Å². The lowest BCUT2D eigenvalue weighted by Crippen LogP contribution is -2.34. The molecular formula is C14H15Cl2NO3. The zero-order valence-electron chi connectivity index (χ0n) is 11.0. The van der Waals surface area contributed by atoms with Gasteiger partial charge in [-0.3, -0.25) is 4.79 Å². The topological polar surface area (TPSA) is 47.6 Å². The average molecular weight is 316 g/mol. The highest BCUT2D eigenvalue weighted by molar-refractivity contribution is 6.53. The maximum Gasteiger partial charge on any atom is 0.231 e. The van der Waals surface area contributed by atoms with Gasteiger partial charge in [-0.25, -0.2) is 0 Å². The molecule has 3 rings (SSSR count). The third kappa shape index (κ3) is 2.31. The van der Waals surface area contributed by atoms with Gasteiger partial charge in [0.2, 0.25) is 12.7 Å². The first kappa shape index (κ1) is 13.8. The van der Waals surface area contributed by atoms with Crippen molar-refractivity contribution in [1.82, 2.24) is 5.32 Å². The molecule has 0 saturated heterocycles. The van der Waals surface area contributed by atoms with E-state index in [4.69, 9.17) is 32.7 Å². The molecule has 20 heavy (non-hydrogen) atoms. The Kier molecular flexibility index (Phi) is 3.26. The SMILES string of the molecule is CC1(C(=O)NCCc2ccc3c(c2)OCO3)CC1(Cl)Cl. The fourth-order valence-corrected chi connectivity index (χ4v) is 2.96. The molecule has 0 spiro atoms. The number of amides is 1. The van der Waals surface area contributed by atoms with Crippen molar-refractivity contribution in [3.8, 4) is 11.5 Å². The molecule has 1 atom stereocenters. The summed E-state index contributed by atoms with van der Waals surface area (Å²) < 4.78 is 9.64. The van der Waals surface area contributed by atoms with Gasteiger partial charge in [0.05, 0.1) is 5.41 Å². The molecule has 1 N–H and O–H groups in total. The Bertz CT molecular complexity index is 561. The van der Waals surface area contributed by atoms with Crippen LogP contribution in [0.3, 0.4) is 0 Å². The van der Waals surface area contributed by atoms with Crippen molar-refractivity contribution in [3.05, 3.63) is 23.8 Å².